The summed E-state index contributed by atoms with van der Waals surface area (Å²) >= 11 is 25.4. The molecule has 1 N–H and O–H groups in total. The van der Waals surface area contributed by atoms with E-state index in [1.54, 1.807) is 43.3 Å². The number of benzene rings is 3. The van der Waals surface area contributed by atoms with Gasteiger partial charge in [-0.15, -0.1) is 0 Å². The summed E-state index contributed by atoms with van der Waals surface area (Å²) in [5, 5.41) is 3.99. The molecule has 1 saturated carbocycles. The molecule has 0 radical (unpaired) electrons. The number of anilines is 1. The molecule has 12 heteroatoms. The van der Waals surface area contributed by atoms with Crippen molar-refractivity contribution < 1.29 is 18.0 Å². The molecule has 3 aromatic rings. The molecule has 0 bridgehead atoms. The molecule has 0 heterocycles. The zero-order valence-electron chi connectivity index (χ0n) is 22.2. The minimum Gasteiger partial charge on any atom is -0.352 e. The third-order valence-electron chi connectivity index (χ3n) is 7.05. The molecule has 1 aliphatic carbocycles. The molecule has 218 valence electrons. The maximum atomic E-state index is 14.1. The molecule has 0 spiro atoms. The summed E-state index contributed by atoms with van der Waals surface area (Å²) in [6.45, 7) is 0.824. The number of nitrogens with zero attached hydrogens (tertiary/aromatic N) is 2. The molecule has 4 rings (SSSR count). The Balaban J connectivity index is 1.73. The number of carbonyl (C=O) groups excluding carboxylic acids is 2. The van der Waals surface area contributed by atoms with Gasteiger partial charge in [0.1, 0.15) is 12.6 Å². The van der Waals surface area contributed by atoms with Gasteiger partial charge in [-0.1, -0.05) is 83.5 Å². The first kappa shape index (κ1) is 31.4. The van der Waals surface area contributed by atoms with Crippen LogP contribution in [0.1, 0.15) is 38.2 Å². The van der Waals surface area contributed by atoms with Gasteiger partial charge in [-0.3, -0.25) is 13.9 Å². The van der Waals surface area contributed by atoms with E-state index in [4.69, 9.17) is 46.4 Å². The summed E-state index contributed by atoms with van der Waals surface area (Å²) in [4.78, 5) is 28.7. The van der Waals surface area contributed by atoms with Crippen molar-refractivity contribution in [3.8, 4) is 0 Å². The average Bonchev–Trinajstić information content (AvgIpc) is 3.45. The van der Waals surface area contributed by atoms with Gasteiger partial charge in [-0.05, 0) is 62.2 Å². The van der Waals surface area contributed by atoms with Crippen LogP contribution in [0, 0.1) is 0 Å². The van der Waals surface area contributed by atoms with Crippen LogP contribution in [-0.2, 0) is 26.2 Å². The fraction of sp³-hybridized carbons (Fsp3) is 0.310. The maximum Gasteiger partial charge on any atom is 0.264 e. The van der Waals surface area contributed by atoms with E-state index in [0.717, 1.165) is 30.0 Å². The van der Waals surface area contributed by atoms with E-state index in [9.17, 15) is 18.0 Å². The lowest BCUT2D eigenvalue weighted by Crippen LogP contribution is -2.52. The molecule has 0 saturated heterocycles. The Morgan fingerprint density at radius 3 is 2.15 bits per heavy atom. The van der Waals surface area contributed by atoms with Gasteiger partial charge in [0.05, 0.1) is 15.6 Å². The summed E-state index contributed by atoms with van der Waals surface area (Å²) in [6, 6.07) is 16.0. The molecular formula is C29H29Cl4N3O4S. The molecule has 2 amide bonds. The molecule has 0 aromatic heterocycles. The van der Waals surface area contributed by atoms with Gasteiger partial charge >= 0.3 is 0 Å². The topological polar surface area (TPSA) is 86.8 Å². The lowest BCUT2D eigenvalue weighted by Gasteiger charge is -2.33. The first-order chi connectivity index (χ1) is 19.5. The first-order valence-corrected chi connectivity index (χ1v) is 16.0. The third-order valence-corrected chi connectivity index (χ3v) is 10.1. The Bertz CT molecular complexity index is 1500. The summed E-state index contributed by atoms with van der Waals surface area (Å²) in [6.07, 6.45) is 3.76. The number of amides is 2. The fourth-order valence-corrected chi connectivity index (χ4v) is 7.28. The van der Waals surface area contributed by atoms with E-state index in [1.807, 2.05) is 0 Å². The zero-order chi connectivity index (χ0) is 29.7. The minimum atomic E-state index is -4.27. The largest absolute Gasteiger partial charge is 0.352 e. The van der Waals surface area contributed by atoms with Crippen molar-refractivity contribution in [2.24, 2.45) is 0 Å². The maximum absolute atomic E-state index is 14.1. The van der Waals surface area contributed by atoms with Crippen LogP contribution >= 0.6 is 46.4 Å². The normalized spacial score (nSPS) is 14.5. The number of rotatable bonds is 10. The van der Waals surface area contributed by atoms with Crippen LogP contribution in [0.3, 0.4) is 0 Å². The van der Waals surface area contributed by atoms with E-state index in [-0.39, 0.29) is 34.1 Å². The van der Waals surface area contributed by atoms with E-state index in [1.165, 1.54) is 35.2 Å². The standard InChI is InChI=1S/C29H29Cl4N3O4S/c1-19(29(38)34-21-8-5-6-9-21)35(17-23-24(31)12-7-13-25(23)32)28(37)18-36(27-15-14-20(30)16-26(27)33)41(39,40)22-10-3-2-4-11-22/h2-4,7,10-16,19,21H,5-6,8-9,17-18H2,1H3,(H,34,38)/t19-/m0/s1. The zero-order valence-corrected chi connectivity index (χ0v) is 26.0. The molecule has 41 heavy (non-hydrogen) atoms. The highest BCUT2D eigenvalue weighted by Crippen LogP contribution is 2.33. The Kier molecular flexibility index (Phi) is 10.5. The van der Waals surface area contributed by atoms with Crippen molar-refractivity contribution in [1.82, 2.24) is 10.2 Å². The Labute approximate surface area is 260 Å². The quantitative estimate of drug-likeness (QED) is 0.255. The molecule has 1 atom stereocenters. The van der Waals surface area contributed by atoms with E-state index < -0.39 is 28.5 Å². The molecule has 0 aliphatic heterocycles. The second-order valence-corrected chi connectivity index (χ2v) is 13.3. The van der Waals surface area contributed by atoms with Crippen LogP contribution in [0.5, 0.6) is 0 Å². The van der Waals surface area contributed by atoms with Crippen molar-refractivity contribution >= 4 is 73.9 Å². The highest BCUT2D eigenvalue weighted by Gasteiger charge is 2.34. The van der Waals surface area contributed by atoms with Crippen molar-refractivity contribution in [3.63, 3.8) is 0 Å². The van der Waals surface area contributed by atoms with E-state index in [0.29, 0.717) is 20.6 Å². The van der Waals surface area contributed by atoms with Crippen LogP contribution < -0.4 is 9.62 Å². The van der Waals surface area contributed by atoms with Gasteiger partial charge in [0.25, 0.3) is 10.0 Å². The van der Waals surface area contributed by atoms with Crippen LogP contribution in [0.25, 0.3) is 0 Å². The summed E-state index contributed by atoms with van der Waals surface area (Å²) in [5.41, 5.74) is 0.499. The van der Waals surface area contributed by atoms with Crippen molar-refractivity contribution in [2.75, 3.05) is 10.8 Å². The second-order valence-electron chi connectivity index (χ2n) is 9.81. The van der Waals surface area contributed by atoms with Gasteiger partial charge in [-0.25, -0.2) is 8.42 Å². The smallest absolute Gasteiger partial charge is 0.264 e. The van der Waals surface area contributed by atoms with Crippen LogP contribution in [0.15, 0.2) is 71.6 Å². The second kappa shape index (κ2) is 13.7. The third kappa shape index (κ3) is 7.48. The summed E-state index contributed by atoms with van der Waals surface area (Å²) in [5.74, 6) is -1.00. The van der Waals surface area contributed by atoms with E-state index in [2.05, 4.69) is 5.32 Å². The molecule has 1 aliphatic rings. The molecule has 7 nitrogen and oxygen atoms in total. The minimum absolute atomic E-state index is 0.0219. The van der Waals surface area contributed by atoms with Gasteiger partial charge < -0.3 is 10.2 Å². The van der Waals surface area contributed by atoms with Crippen molar-refractivity contribution in [3.05, 3.63) is 92.4 Å². The number of sulfonamides is 1. The summed E-state index contributed by atoms with van der Waals surface area (Å²) < 4.78 is 28.7. The van der Waals surface area contributed by atoms with Gasteiger partial charge in [0, 0.05) is 33.2 Å². The molecule has 3 aromatic carbocycles. The Hall–Kier alpha value is -2.49. The van der Waals surface area contributed by atoms with Crippen molar-refractivity contribution in [2.45, 2.75) is 56.1 Å². The number of hydrogen-bond donors (Lipinski definition) is 1. The average molecular weight is 657 g/mol. The molecule has 0 unspecified atom stereocenters. The van der Waals surface area contributed by atoms with Gasteiger partial charge in [0.2, 0.25) is 11.8 Å². The lowest BCUT2D eigenvalue weighted by atomic mass is 10.1. The number of nitrogens with one attached hydrogen (secondary N) is 1. The Morgan fingerprint density at radius 2 is 1.54 bits per heavy atom. The van der Waals surface area contributed by atoms with Crippen LogP contribution in [0.4, 0.5) is 5.69 Å². The number of carbonyl (C=O) groups is 2. The van der Waals surface area contributed by atoms with Gasteiger partial charge in [-0.2, -0.15) is 0 Å². The first-order valence-electron chi connectivity index (χ1n) is 13.0. The molecule has 1 fully saturated rings. The number of hydrogen-bond acceptors (Lipinski definition) is 4. The summed E-state index contributed by atoms with van der Waals surface area (Å²) in [7, 11) is -4.27. The Morgan fingerprint density at radius 1 is 0.902 bits per heavy atom. The SMILES string of the molecule is C[C@@H](C(=O)NC1CCCC1)N(Cc1c(Cl)cccc1Cl)C(=O)CN(c1ccc(Cl)cc1Cl)S(=O)(=O)c1ccccc1. The predicted molar refractivity (Wildman–Crippen MR) is 164 cm³/mol. The van der Waals surface area contributed by atoms with Crippen molar-refractivity contribution in [1.29, 1.82) is 0 Å². The predicted octanol–water partition coefficient (Wildman–Crippen LogP) is 6.97. The highest BCUT2D eigenvalue weighted by atomic mass is 35.5. The lowest BCUT2D eigenvalue weighted by molar-refractivity contribution is -0.139. The monoisotopic (exact) mass is 655 g/mol. The fourth-order valence-electron chi connectivity index (χ4n) is 4.74. The van der Waals surface area contributed by atoms with Crippen LogP contribution in [-0.4, -0.2) is 43.8 Å². The highest BCUT2D eigenvalue weighted by molar-refractivity contribution is 7.92. The van der Waals surface area contributed by atoms with Gasteiger partial charge in [0.15, 0.2) is 0 Å². The number of halogens is 4. The van der Waals surface area contributed by atoms with E-state index >= 15 is 0 Å². The molecular weight excluding hydrogens is 628 g/mol. The van der Waals surface area contributed by atoms with Crippen LogP contribution in [0.2, 0.25) is 20.1 Å².